The van der Waals surface area contributed by atoms with Gasteiger partial charge in [-0.1, -0.05) is 48.0 Å². The number of anilines is 1. The summed E-state index contributed by atoms with van der Waals surface area (Å²) in [5.41, 5.74) is 2.63. The monoisotopic (exact) mass is 481 g/mol. The molecule has 0 bridgehead atoms. The van der Waals surface area contributed by atoms with E-state index in [9.17, 15) is 14.9 Å². The summed E-state index contributed by atoms with van der Waals surface area (Å²) >= 11 is 1.12. The van der Waals surface area contributed by atoms with Crippen molar-refractivity contribution in [1.82, 2.24) is 4.57 Å². The molecule has 0 atom stereocenters. The van der Waals surface area contributed by atoms with Crippen LogP contribution in [0.25, 0.3) is 17.3 Å². The van der Waals surface area contributed by atoms with Crippen LogP contribution in [-0.2, 0) is 4.79 Å². The van der Waals surface area contributed by atoms with Gasteiger partial charge in [0.1, 0.15) is 16.5 Å². The van der Waals surface area contributed by atoms with E-state index in [1.165, 1.54) is 4.57 Å². The van der Waals surface area contributed by atoms with Crippen molar-refractivity contribution in [3.63, 3.8) is 0 Å². The number of ether oxygens (including phenoxy) is 1. The minimum atomic E-state index is -0.593. The highest BCUT2D eigenvalue weighted by atomic mass is 32.1. The second-order valence-corrected chi connectivity index (χ2v) is 8.73. The number of thiazole rings is 1. The SMILES string of the molecule is CCOc1ccc(NC(=O)C(C#N)=c2sc(=Cc3ccc(C)cc3)c(=O)n2-c2ccccc2)cc1. The van der Waals surface area contributed by atoms with Gasteiger partial charge in [-0.3, -0.25) is 14.2 Å². The van der Waals surface area contributed by atoms with Gasteiger partial charge in [-0.15, -0.1) is 11.3 Å². The highest BCUT2D eigenvalue weighted by molar-refractivity contribution is 7.07. The molecule has 1 heterocycles. The lowest BCUT2D eigenvalue weighted by molar-refractivity contribution is -0.111. The molecular formula is C28H23N3O3S. The quantitative estimate of drug-likeness (QED) is 0.455. The fraction of sp³-hybridized carbons (Fsp3) is 0.107. The fourth-order valence-corrected chi connectivity index (χ4v) is 4.57. The van der Waals surface area contributed by atoms with Crippen LogP contribution >= 0.6 is 11.3 Å². The summed E-state index contributed by atoms with van der Waals surface area (Å²) in [6.07, 6.45) is 1.77. The number of carbonyl (C=O) groups excluding carboxylic acids is 1. The summed E-state index contributed by atoms with van der Waals surface area (Å²) in [7, 11) is 0. The molecule has 35 heavy (non-hydrogen) atoms. The van der Waals surface area contributed by atoms with Gasteiger partial charge in [-0.05, 0) is 61.9 Å². The smallest absolute Gasteiger partial charge is 0.273 e. The van der Waals surface area contributed by atoms with E-state index in [0.29, 0.717) is 28.3 Å². The lowest BCUT2D eigenvalue weighted by atomic mass is 10.1. The number of hydrogen-bond donors (Lipinski definition) is 1. The minimum absolute atomic E-state index is 0.145. The Bertz CT molecular complexity index is 1560. The Kier molecular flexibility index (Phi) is 7.24. The third-order valence-corrected chi connectivity index (χ3v) is 6.28. The lowest BCUT2D eigenvalue weighted by Crippen LogP contribution is -2.32. The second-order valence-electron chi connectivity index (χ2n) is 7.70. The Balaban J connectivity index is 1.86. The maximum absolute atomic E-state index is 13.4. The van der Waals surface area contributed by atoms with Gasteiger partial charge in [-0.2, -0.15) is 5.26 Å². The first kappa shape index (κ1) is 23.7. The molecule has 0 spiro atoms. The summed E-state index contributed by atoms with van der Waals surface area (Å²) < 4.78 is 7.54. The average Bonchev–Trinajstić information content (AvgIpc) is 3.18. The number of para-hydroxylation sites is 1. The van der Waals surface area contributed by atoms with Crippen LogP contribution in [0, 0.1) is 18.3 Å². The van der Waals surface area contributed by atoms with Gasteiger partial charge < -0.3 is 10.1 Å². The number of aromatic nitrogens is 1. The van der Waals surface area contributed by atoms with E-state index >= 15 is 0 Å². The Labute approximate surface area is 206 Å². The maximum atomic E-state index is 13.4. The van der Waals surface area contributed by atoms with Crippen molar-refractivity contribution in [2.75, 3.05) is 11.9 Å². The third kappa shape index (κ3) is 5.40. The van der Waals surface area contributed by atoms with E-state index in [1.807, 2.05) is 50.2 Å². The van der Waals surface area contributed by atoms with Crippen LogP contribution < -0.4 is 24.8 Å². The minimum Gasteiger partial charge on any atom is -0.494 e. The zero-order valence-corrected chi connectivity index (χ0v) is 20.1. The number of hydrogen-bond acceptors (Lipinski definition) is 5. The Hall–Kier alpha value is -4.41. The third-order valence-electron chi connectivity index (χ3n) is 5.19. The molecule has 1 aromatic heterocycles. The number of nitrogens with zero attached hydrogens (tertiary/aromatic N) is 2. The van der Waals surface area contributed by atoms with E-state index in [4.69, 9.17) is 4.74 Å². The molecule has 0 aliphatic heterocycles. The average molecular weight is 482 g/mol. The molecule has 0 unspecified atom stereocenters. The van der Waals surface area contributed by atoms with Gasteiger partial charge in [0.2, 0.25) is 0 Å². The first-order valence-corrected chi connectivity index (χ1v) is 11.9. The zero-order chi connectivity index (χ0) is 24.8. The first-order chi connectivity index (χ1) is 17.0. The van der Waals surface area contributed by atoms with Crippen molar-refractivity contribution in [3.8, 4) is 17.5 Å². The fourth-order valence-electron chi connectivity index (χ4n) is 3.47. The van der Waals surface area contributed by atoms with Crippen LogP contribution in [0.3, 0.4) is 0 Å². The van der Waals surface area contributed by atoms with E-state index in [2.05, 4.69) is 5.32 Å². The van der Waals surface area contributed by atoms with Gasteiger partial charge in [0, 0.05) is 5.69 Å². The molecule has 6 nitrogen and oxygen atoms in total. The molecule has 3 aromatic carbocycles. The molecule has 0 fully saturated rings. The summed E-state index contributed by atoms with van der Waals surface area (Å²) in [6.45, 7) is 4.42. The first-order valence-electron chi connectivity index (χ1n) is 11.0. The molecule has 4 rings (SSSR count). The molecule has 174 valence electrons. The predicted molar refractivity (Wildman–Crippen MR) is 139 cm³/mol. The zero-order valence-electron chi connectivity index (χ0n) is 19.3. The number of amides is 1. The van der Waals surface area contributed by atoms with Crippen molar-refractivity contribution < 1.29 is 9.53 Å². The molecule has 7 heteroatoms. The van der Waals surface area contributed by atoms with Crippen molar-refractivity contribution in [2.24, 2.45) is 0 Å². The van der Waals surface area contributed by atoms with Crippen LogP contribution in [0.2, 0.25) is 0 Å². The van der Waals surface area contributed by atoms with Crippen molar-refractivity contribution in [2.45, 2.75) is 13.8 Å². The van der Waals surface area contributed by atoms with Crippen LogP contribution in [0.1, 0.15) is 18.1 Å². The number of carbonyl (C=O) groups is 1. The van der Waals surface area contributed by atoms with Crippen molar-refractivity contribution in [1.29, 1.82) is 5.26 Å². The number of rotatable bonds is 6. The maximum Gasteiger partial charge on any atom is 0.273 e. The van der Waals surface area contributed by atoms with Crippen LogP contribution in [0.15, 0.2) is 83.7 Å². The molecule has 0 radical (unpaired) electrons. The summed E-state index contributed by atoms with van der Waals surface area (Å²) in [5, 5.41) is 12.7. The molecule has 1 amide bonds. The number of nitriles is 1. The van der Waals surface area contributed by atoms with E-state index < -0.39 is 5.91 Å². The van der Waals surface area contributed by atoms with E-state index in [-0.39, 0.29) is 15.8 Å². The van der Waals surface area contributed by atoms with Crippen LogP contribution in [0.4, 0.5) is 5.69 Å². The van der Waals surface area contributed by atoms with Crippen molar-refractivity contribution in [3.05, 3.63) is 110 Å². The standard InChI is InChI=1S/C28H23N3O3S/c1-3-34-23-15-13-21(14-16-23)30-26(32)24(18-29)28-31(22-7-5-4-6-8-22)27(33)25(35-28)17-20-11-9-19(2)10-12-20/h4-17H,3H2,1-2H3,(H,30,32). The highest BCUT2D eigenvalue weighted by Gasteiger charge is 2.17. The molecule has 0 saturated carbocycles. The molecule has 0 aliphatic carbocycles. The number of nitrogens with one attached hydrogen (secondary N) is 1. The predicted octanol–water partition coefficient (Wildman–Crippen LogP) is 3.75. The number of benzene rings is 3. The highest BCUT2D eigenvalue weighted by Crippen LogP contribution is 2.16. The van der Waals surface area contributed by atoms with Crippen molar-refractivity contribution >= 4 is 34.6 Å². The summed E-state index contributed by atoms with van der Waals surface area (Å²) in [5.74, 6) is 0.0897. The molecule has 4 aromatic rings. The lowest BCUT2D eigenvalue weighted by Gasteiger charge is -2.07. The molecule has 0 aliphatic rings. The van der Waals surface area contributed by atoms with Gasteiger partial charge in [-0.25, -0.2) is 0 Å². The second kappa shape index (κ2) is 10.7. The Morgan fingerprint density at radius 1 is 1.06 bits per heavy atom. The normalized spacial score (nSPS) is 12.1. The number of aryl methyl sites for hydroxylation is 1. The Morgan fingerprint density at radius 2 is 1.74 bits per heavy atom. The molecule has 0 saturated heterocycles. The largest absolute Gasteiger partial charge is 0.494 e. The van der Waals surface area contributed by atoms with Gasteiger partial charge in [0.25, 0.3) is 11.5 Å². The topological polar surface area (TPSA) is 84.1 Å². The summed E-state index contributed by atoms with van der Waals surface area (Å²) in [6, 6.07) is 25.7. The Morgan fingerprint density at radius 3 is 2.37 bits per heavy atom. The van der Waals surface area contributed by atoms with E-state index in [1.54, 1.807) is 54.6 Å². The van der Waals surface area contributed by atoms with Crippen LogP contribution in [0.5, 0.6) is 5.75 Å². The van der Waals surface area contributed by atoms with Gasteiger partial charge in [0.05, 0.1) is 16.8 Å². The summed E-state index contributed by atoms with van der Waals surface area (Å²) in [4.78, 5) is 26.6. The van der Waals surface area contributed by atoms with Crippen LogP contribution in [-0.4, -0.2) is 17.1 Å². The van der Waals surface area contributed by atoms with Gasteiger partial charge >= 0.3 is 0 Å². The van der Waals surface area contributed by atoms with E-state index in [0.717, 1.165) is 22.5 Å². The molecule has 1 N–H and O–H groups in total. The van der Waals surface area contributed by atoms with Gasteiger partial charge in [0.15, 0.2) is 5.57 Å². The molecular weight excluding hydrogens is 458 g/mol.